The highest BCUT2D eigenvalue weighted by Crippen LogP contribution is 2.37. The fraction of sp³-hybridized carbons (Fsp3) is 1.00. The van der Waals surface area contributed by atoms with Crippen LogP contribution in [-0.4, -0.2) is 30.0 Å². The van der Waals surface area contributed by atoms with Crippen molar-refractivity contribution in [3.63, 3.8) is 0 Å². The van der Waals surface area contributed by atoms with Gasteiger partial charge in [-0.1, -0.05) is 22.9 Å². The van der Waals surface area contributed by atoms with Crippen molar-refractivity contribution in [2.24, 2.45) is 5.41 Å². The Morgan fingerprint density at radius 1 is 1.36 bits per heavy atom. The third-order valence-electron chi connectivity index (χ3n) is 3.04. The van der Waals surface area contributed by atoms with Crippen LogP contribution in [0.1, 0.15) is 32.6 Å². The van der Waals surface area contributed by atoms with E-state index in [2.05, 4.69) is 34.6 Å². The Bertz CT molecular complexity index is 146. The molecular weight excluding hydrogens is 260 g/mol. The van der Waals surface area contributed by atoms with Crippen LogP contribution in [-0.2, 0) is 4.74 Å². The van der Waals surface area contributed by atoms with Gasteiger partial charge in [0.15, 0.2) is 0 Å². The van der Waals surface area contributed by atoms with Crippen LogP contribution in [0.25, 0.3) is 0 Å². The Morgan fingerprint density at radius 2 is 2.07 bits per heavy atom. The fourth-order valence-corrected chi connectivity index (χ4v) is 3.43. The van der Waals surface area contributed by atoms with Gasteiger partial charge in [-0.05, 0) is 42.6 Å². The van der Waals surface area contributed by atoms with Crippen molar-refractivity contribution in [2.75, 3.05) is 30.0 Å². The highest BCUT2D eigenvalue weighted by Gasteiger charge is 2.30. The van der Waals surface area contributed by atoms with Crippen LogP contribution in [0.15, 0.2) is 0 Å². The molecule has 0 amide bonds. The van der Waals surface area contributed by atoms with E-state index in [0.717, 1.165) is 18.5 Å². The Balaban J connectivity index is 2.22. The minimum Gasteiger partial charge on any atom is -0.381 e. The van der Waals surface area contributed by atoms with Crippen LogP contribution in [0.3, 0.4) is 0 Å². The molecule has 0 spiro atoms. The van der Waals surface area contributed by atoms with E-state index in [1.54, 1.807) is 0 Å². The largest absolute Gasteiger partial charge is 0.381 e. The SMILES string of the molecule is CCSCCCC1(CBr)CCOCC1. The highest BCUT2D eigenvalue weighted by molar-refractivity contribution is 9.09. The Labute approximate surface area is 100 Å². The molecule has 0 aromatic heterocycles. The second-order valence-corrected chi connectivity index (χ2v) is 6.00. The normalized spacial score (nSPS) is 21.0. The monoisotopic (exact) mass is 280 g/mol. The lowest BCUT2D eigenvalue weighted by molar-refractivity contribution is 0.0226. The Morgan fingerprint density at radius 3 is 2.64 bits per heavy atom. The predicted octanol–water partition coefficient (Wildman–Crippen LogP) is 3.71. The van der Waals surface area contributed by atoms with Gasteiger partial charge in [-0.25, -0.2) is 0 Å². The number of hydrogen-bond acceptors (Lipinski definition) is 2. The lowest BCUT2D eigenvalue weighted by Crippen LogP contribution is -2.31. The van der Waals surface area contributed by atoms with E-state index < -0.39 is 0 Å². The van der Waals surface area contributed by atoms with Gasteiger partial charge in [0, 0.05) is 18.5 Å². The molecule has 1 rings (SSSR count). The number of hydrogen-bond donors (Lipinski definition) is 0. The van der Waals surface area contributed by atoms with E-state index in [4.69, 9.17) is 4.74 Å². The van der Waals surface area contributed by atoms with E-state index >= 15 is 0 Å². The summed E-state index contributed by atoms with van der Waals surface area (Å²) in [4.78, 5) is 0. The molecule has 0 atom stereocenters. The molecule has 0 aromatic carbocycles. The molecular formula is C11H21BrOS. The first-order valence-corrected chi connectivity index (χ1v) is 7.82. The molecule has 1 fully saturated rings. The molecule has 1 aliphatic heterocycles. The molecule has 0 aliphatic carbocycles. The maximum atomic E-state index is 5.43. The fourth-order valence-electron chi connectivity index (χ4n) is 1.95. The molecule has 1 heterocycles. The summed E-state index contributed by atoms with van der Waals surface area (Å²) in [5.74, 6) is 2.58. The molecule has 0 bridgehead atoms. The molecule has 84 valence electrons. The predicted molar refractivity (Wildman–Crippen MR) is 68.5 cm³/mol. The lowest BCUT2D eigenvalue weighted by Gasteiger charge is -2.35. The number of rotatable bonds is 6. The van der Waals surface area contributed by atoms with E-state index in [0.29, 0.717) is 5.41 Å². The number of halogens is 1. The highest BCUT2D eigenvalue weighted by atomic mass is 79.9. The molecule has 0 radical (unpaired) electrons. The molecule has 0 N–H and O–H groups in total. The van der Waals surface area contributed by atoms with Crippen molar-refractivity contribution in [1.82, 2.24) is 0 Å². The average Bonchev–Trinajstić information content (AvgIpc) is 2.26. The van der Waals surface area contributed by atoms with Crippen LogP contribution >= 0.6 is 27.7 Å². The third-order valence-corrected chi connectivity index (χ3v) is 5.21. The minimum atomic E-state index is 0.548. The van der Waals surface area contributed by atoms with Crippen LogP contribution in [0.2, 0.25) is 0 Å². The van der Waals surface area contributed by atoms with Crippen molar-refractivity contribution < 1.29 is 4.74 Å². The lowest BCUT2D eigenvalue weighted by atomic mass is 9.78. The first kappa shape index (κ1) is 12.9. The zero-order valence-corrected chi connectivity index (χ0v) is 11.5. The van der Waals surface area contributed by atoms with Gasteiger partial charge in [0.1, 0.15) is 0 Å². The van der Waals surface area contributed by atoms with Crippen molar-refractivity contribution in [3.8, 4) is 0 Å². The molecule has 0 saturated carbocycles. The van der Waals surface area contributed by atoms with E-state index in [9.17, 15) is 0 Å². The maximum Gasteiger partial charge on any atom is 0.0471 e. The second-order valence-electron chi connectivity index (χ2n) is 4.05. The summed E-state index contributed by atoms with van der Waals surface area (Å²) < 4.78 is 5.43. The van der Waals surface area contributed by atoms with Gasteiger partial charge in [0.25, 0.3) is 0 Å². The van der Waals surface area contributed by atoms with Crippen LogP contribution in [0, 0.1) is 5.41 Å². The summed E-state index contributed by atoms with van der Waals surface area (Å²) in [5.41, 5.74) is 0.548. The molecule has 0 unspecified atom stereocenters. The summed E-state index contributed by atoms with van der Waals surface area (Å²) in [6.45, 7) is 4.17. The molecule has 14 heavy (non-hydrogen) atoms. The Hall–Kier alpha value is 0.790. The summed E-state index contributed by atoms with van der Waals surface area (Å²) >= 11 is 5.73. The van der Waals surface area contributed by atoms with Crippen molar-refractivity contribution in [3.05, 3.63) is 0 Å². The van der Waals surface area contributed by atoms with Crippen LogP contribution in [0.4, 0.5) is 0 Å². The van der Waals surface area contributed by atoms with Gasteiger partial charge in [-0.2, -0.15) is 11.8 Å². The van der Waals surface area contributed by atoms with Gasteiger partial charge in [-0.15, -0.1) is 0 Å². The maximum absolute atomic E-state index is 5.43. The van der Waals surface area contributed by atoms with Crippen LogP contribution in [0.5, 0.6) is 0 Å². The second kappa shape index (κ2) is 7.13. The number of thioether (sulfide) groups is 1. The average molecular weight is 281 g/mol. The first-order chi connectivity index (χ1) is 6.83. The molecule has 3 heteroatoms. The van der Waals surface area contributed by atoms with Crippen LogP contribution < -0.4 is 0 Å². The summed E-state index contributed by atoms with van der Waals surface area (Å²) in [7, 11) is 0. The first-order valence-electron chi connectivity index (χ1n) is 5.54. The third kappa shape index (κ3) is 4.11. The standard InChI is InChI=1S/C11H21BrOS/c1-2-14-9-3-4-11(10-12)5-7-13-8-6-11/h2-10H2,1H3. The van der Waals surface area contributed by atoms with Crippen molar-refractivity contribution in [1.29, 1.82) is 0 Å². The number of alkyl halides is 1. The van der Waals surface area contributed by atoms with Gasteiger partial charge in [-0.3, -0.25) is 0 Å². The molecule has 1 saturated heterocycles. The smallest absolute Gasteiger partial charge is 0.0471 e. The van der Waals surface area contributed by atoms with Gasteiger partial charge >= 0.3 is 0 Å². The van der Waals surface area contributed by atoms with E-state index in [1.165, 1.54) is 37.2 Å². The topological polar surface area (TPSA) is 9.23 Å². The molecule has 1 aliphatic rings. The summed E-state index contributed by atoms with van der Waals surface area (Å²) in [6.07, 6.45) is 5.22. The molecule has 0 aromatic rings. The van der Waals surface area contributed by atoms with Gasteiger partial charge in [0.2, 0.25) is 0 Å². The van der Waals surface area contributed by atoms with E-state index in [-0.39, 0.29) is 0 Å². The van der Waals surface area contributed by atoms with E-state index in [1.807, 2.05) is 0 Å². The summed E-state index contributed by atoms with van der Waals surface area (Å²) in [5, 5.41) is 1.15. The quantitative estimate of drug-likeness (QED) is 0.542. The zero-order chi connectivity index (χ0) is 10.3. The minimum absolute atomic E-state index is 0.548. The van der Waals surface area contributed by atoms with Gasteiger partial charge in [0.05, 0.1) is 0 Å². The van der Waals surface area contributed by atoms with Crippen molar-refractivity contribution in [2.45, 2.75) is 32.6 Å². The number of ether oxygens (including phenoxy) is 1. The Kier molecular flexibility index (Phi) is 6.55. The van der Waals surface area contributed by atoms with Crippen molar-refractivity contribution >= 4 is 27.7 Å². The van der Waals surface area contributed by atoms with Gasteiger partial charge < -0.3 is 4.74 Å². The summed E-state index contributed by atoms with van der Waals surface area (Å²) in [6, 6.07) is 0. The zero-order valence-electron chi connectivity index (χ0n) is 9.06. The molecule has 1 nitrogen and oxygen atoms in total.